The van der Waals surface area contributed by atoms with E-state index >= 15 is 0 Å². The van der Waals surface area contributed by atoms with Crippen LogP contribution in [0, 0.1) is 0 Å². The molecule has 0 aliphatic heterocycles. The largest absolute Gasteiger partial charge is 0.490 e. The first-order chi connectivity index (χ1) is 12.3. The van der Waals surface area contributed by atoms with Crippen LogP contribution in [0.2, 0.25) is 0 Å². The lowest BCUT2D eigenvalue weighted by molar-refractivity contribution is 0.271. The summed E-state index contributed by atoms with van der Waals surface area (Å²) in [7, 11) is 0. The first-order valence-corrected chi connectivity index (χ1v) is 10.3. The topological polar surface area (TPSA) is 30.5 Å². The average Bonchev–Trinajstić information content (AvgIpc) is 3.14. The molecule has 0 amide bonds. The molecule has 2 rings (SSSR count). The number of nitrogens with one attached hydrogen (secondary N) is 1. The van der Waals surface area contributed by atoms with Gasteiger partial charge in [0.05, 0.1) is 6.61 Å². The molecule has 0 radical (unpaired) electrons. The van der Waals surface area contributed by atoms with E-state index in [1.54, 1.807) is 11.3 Å². The molecule has 1 heterocycles. The van der Waals surface area contributed by atoms with Crippen LogP contribution in [0.3, 0.4) is 0 Å². The summed E-state index contributed by atoms with van der Waals surface area (Å²) < 4.78 is 11.7. The Kier molecular flexibility index (Phi) is 12.2. The Morgan fingerprint density at radius 1 is 0.962 bits per heavy atom. The lowest BCUT2D eigenvalue weighted by atomic mass is 10.1. The van der Waals surface area contributed by atoms with E-state index in [4.69, 9.17) is 9.47 Å². The predicted molar refractivity (Wildman–Crippen MR) is 114 cm³/mol. The molecule has 2 aromatic rings. The zero-order chi connectivity index (χ0) is 17.7. The second-order valence-corrected chi connectivity index (χ2v) is 7.21. The van der Waals surface area contributed by atoms with Gasteiger partial charge in [-0.15, -0.1) is 23.7 Å². The summed E-state index contributed by atoms with van der Waals surface area (Å²) in [6.07, 6.45) is 6.57. The van der Waals surface area contributed by atoms with Crippen molar-refractivity contribution >= 4 is 23.7 Å². The van der Waals surface area contributed by atoms with E-state index in [0.29, 0.717) is 13.2 Å². The molecule has 0 fully saturated rings. The smallest absolute Gasteiger partial charge is 0.161 e. The van der Waals surface area contributed by atoms with Gasteiger partial charge in [0.25, 0.3) is 0 Å². The van der Waals surface area contributed by atoms with Gasteiger partial charge in [-0.05, 0) is 49.0 Å². The zero-order valence-corrected chi connectivity index (χ0v) is 17.6. The number of ether oxygens (including phenoxy) is 2. The van der Waals surface area contributed by atoms with Crippen molar-refractivity contribution in [2.24, 2.45) is 0 Å². The summed E-state index contributed by atoms with van der Waals surface area (Å²) in [6, 6.07) is 10.4. The highest BCUT2D eigenvalue weighted by atomic mass is 35.5. The molecule has 146 valence electrons. The van der Waals surface area contributed by atoms with E-state index in [2.05, 4.69) is 35.8 Å². The molecule has 0 saturated carbocycles. The molecule has 26 heavy (non-hydrogen) atoms. The van der Waals surface area contributed by atoms with Crippen LogP contribution in [-0.2, 0) is 13.2 Å². The second-order valence-electron chi connectivity index (χ2n) is 6.17. The maximum atomic E-state index is 5.93. The molecule has 0 spiro atoms. The van der Waals surface area contributed by atoms with Gasteiger partial charge in [-0.3, -0.25) is 0 Å². The molecule has 0 saturated heterocycles. The molecule has 0 aliphatic rings. The number of thiophene rings is 1. The van der Waals surface area contributed by atoms with E-state index < -0.39 is 0 Å². The SMILES string of the molecule is CCCCCCCNCc1ccc(OCc2cccs2)c(OCC)c1.Cl. The van der Waals surface area contributed by atoms with E-state index in [9.17, 15) is 0 Å². The van der Waals surface area contributed by atoms with E-state index in [-0.39, 0.29) is 12.4 Å². The van der Waals surface area contributed by atoms with E-state index in [0.717, 1.165) is 24.6 Å². The van der Waals surface area contributed by atoms with Crippen LogP contribution in [0.4, 0.5) is 0 Å². The lowest BCUT2D eigenvalue weighted by Crippen LogP contribution is -2.14. The van der Waals surface area contributed by atoms with Gasteiger partial charge >= 0.3 is 0 Å². The fraction of sp³-hybridized carbons (Fsp3) is 0.524. The molecular weight excluding hydrogens is 366 g/mol. The molecule has 0 bridgehead atoms. The standard InChI is InChI=1S/C21H31NO2S.ClH/c1-3-5-6-7-8-13-22-16-18-11-12-20(21(15-18)23-4-2)24-17-19-10-9-14-25-19;/h9-12,14-15,22H,3-8,13,16-17H2,1-2H3;1H. The van der Waals surface area contributed by atoms with Crippen LogP contribution in [-0.4, -0.2) is 13.2 Å². The summed E-state index contributed by atoms with van der Waals surface area (Å²) in [6.45, 7) is 7.44. The van der Waals surface area contributed by atoms with Crippen molar-refractivity contribution < 1.29 is 9.47 Å². The molecule has 0 unspecified atom stereocenters. The molecule has 1 aromatic heterocycles. The van der Waals surface area contributed by atoms with E-state index in [1.807, 2.05) is 19.1 Å². The molecule has 1 N–H and O–H groups in total. The summed E-state index contributed by atoms with van der Waals surface area (Å²) in [5.74, 6) is 1.65. The molecular formula is C21H32ClNO2S. The Balaban J connectivity index is 0.00000338. The highest BCUT2D eigenvalue weighted by Crippen LogP contribution is 2.29. The lowest BCUT2D eigenvalue weighted by Gasteiger charge is -2.13. The van der Waals surface area contributed by atoms with Crippen LogP contribution < -0.4 is 14.8 Å². The van der Waals surface area contributed by atoms with Crippen molar-refractivity contribution in [2.75, 3.05) is 13.2 Å². The Morgan fingerprint density at radius 3 is 2.54 bits per heavy atom. The van der Waals surface area contributed by atoms with Gasteiger partial charge in [0.2, 0.25) is 0 Å². The number of halogens is 1. The zero-order valence-electron chi connectivity index (χ0n) is 16.0. The number of rotatable bonds is 13. The van der Waals surface area contributed by atoms with Crippen molar-refractivity contribution in [3.63, 3.8) is 0 Å². The third kappa shape index (κ3) is 8.43. The minimum atomic E-state index is 0. The first-order valence-electron chi connectivity index (χ1n) is 9.45. The normalized spacial score (nSPS) is 10.4. The van der Waals surface area contributed by atoms with Crippen LogP contribution in [0.25, 0.3) is 0 Å². The molecule has 3 nitrogen and oxygen atoms in total. The third-order valence-electron chi connectivity index (χ3n) is 4.04. The van der Waals surface area contributed by atoms with E-state index in [1.165, 1.54) is 42.5 Å². The van der Waals surface area contributed by atoms with Gasteiger partial charge in [-0.1, -0.05) is 44.7 Å². The highest BCUT2D eigenvalue weighted by Gasteiger charge is 2.07. The van der Waals surface area contributed by atoms with Crippen molar-refractivity contribution in [1.82, 2.24) is 5.32 Å². The van der Waals surface area contributed by atoms with Gasteiger partial charge in [0, 0.05) is 11.4 Å². The van der Waals surface area contributed by atoms with Crippen molar-refractivity contribution in [1.29, 1.82) is 0 Å². The predicted octanol–water partition coefficient (Wildman–Crippen LogP) is 6.21. The first kappa shape index (κ1) is 22.8. The van der Waals surface area contributed by atoms with Crippen molar-refractivity contribution in [3.8, 4) is 11.5 Å². The monoisotopic (exact) mass is 397 g/mol. The van der Waals surface area contributed by atoms with Gasteiger partial charge < -0.3 is 14.8 Å². The van der Waals surface area contributed by atoms with Gasteiger partial charge in [-0.2, -0.15) is 0 Å². The van der Waals surface area contributed by atoms with Crippen molar-refractivity contribution in [2.45, 2.75) is 59.1 Å². The number of hydrogen-bond acceptors (Lipinski definition) is 4. The van der Waals surface area contributed by atoms with Crippen LogP contribution >= 0.6 is 23.7 Å². The summed E-state index contributed by atoms with van der Waals surface area (Å²) >= 11 is 1.71. The fourth-order valence-electron chi connectivity index (χ4n) is 2.68. The molecule has 0 aliphatic carbocycles. The van der Waals surface area contributed by atoms with Crippen LogP contribution in [0.15, 0.2) is 35.7 Å². The van der Waals surface area contributed by atoms with Gasteiger partial charge in [-0.25, -0.2) is 0 Å². The average molecular weight is 398 g/mol. The maximum Gasteiger partial charge on any atom is 0.161 e. The third-order valence-corrected chi connectivity index (χ3v) is 4.89. The number of hydrogen-bond donors (Lipinski definition) is 1. The summed E-state index contributed by atoms with van der Waals surface area (Å²) in [5.41, 5.74) is 1.24. The number of unbranched alkanes of at least 4 members (excludes halogenated alkanes) is 4. The quantitative estimate of drug-likeness (QED) is 0.407. The highest BCUT2D eigenvalue weighted by molar-refractivity contribution is 7.09. The van der Waals surface area contributed by atoms with Crippen molar-refractivity contribution in [3.05, 3.63) is 46.2 Å². The minimum Gasteiger partial charge on any atom is -0.490 e. The Bertz CT molecular complexity index is 590. The summed E-state index contributed by atoms with van der Waals surface area (Å²) in [4.78, 5) is 1.22. The molecule has 0 atom stereocenters. The maximum absolute atomic E-state index is 5.93. The van der Waals surface area contributed by atoms with Crippen LogP contribution in [0.1, 0.15) is 56.4 Å². The van der Waals surface area contributed by atoms with Gasteiger partial charge in [0.1, 0.15) is 6.61 Å². The molecule has 5 heteroatoms. The second kappa shape index (κ2) is 13.9. The molecule has 1 aromatic carbocycles. The minimum absolute atomic E-state index is 0. The number of benzene rings is 1. The fourth-order valence-corrected chi connectivity index (χ4v) is 3.30. The Labute approximate surface area is 168 Å². The Morgan fingerprint density at radius 2 is 1.81 bits per heavy atom. The van der Waals surface area contributed by atoms with Crippen LogP contribution in [0.5, 0.6) is 11.5 Å². The van der Waals surface area contributed by atoms with Gasteiger partial charge in [0.15, 0.2) is 11.5 Å². The summed E-state index contributed by atoms with van der Waals surface area (Å²) in [5, 5.41) is 5.60. The Hall–Kier alpha value is -1.23.